The van der Waals surface area contributed by atoms with E-state index in [4.69, 9.17) is 5.11 Å². The molecule has 0 saturated carbocycles. The molecule has 1 aromatic carbocycles. The topological polar surface area (TPSA) is 83.5 Å². The van der Waals surface area contributed by atoms with Crippen molar-refractivity contribution in [1.82, 2.24) is 0 Å². The van der Waals surface area contributed by atoms with Crippen LogP contribution >= 0.6 is 0 Å². The van der Waals surface area contributed by atoms with Crippen LogP contribution in [0.2, 0.25) is 0 Å². The van der Waals surface area contributed by atoms with Gasteiger partial charge in [0.2, 0.25) is 5.91 Å². The Morgan fingerprint density at radius 3 is 2.32 bits per heavy atom. The minimum absolute atomic E-state index is 0.00437. The number of carboxylic acid groups (broad SMARTS) is 1. The Morgan fingerprint density at radius 1 is 1.21 bits per heavy atom. The highest BCUT2D eigenvalue weighted by Gasteiger charge is 2.10. The van der Waals surface area contributed by atoms with Gasteiger partial charge in [-0.3, -0.25) is 13.8 Å². The van der Waals surface area contributed by atoms with E-state index in [1.54, 1.807) is 0 Å². The zero-order valence-corrected chi connectivity index (χ0v) is 11.8. The van der Waals surface area contributed by atoms with Gasteiger partial charge >= 0.3 is 5.97 Å². The van der Waals surface area contributed by atoms with Crippen molar-refractivity contribution in [3.05, 3.63) is 29.3 Å². The SMILES string of the molecule is Cc1cc(C)cc(NC(=O)CS(=O)CCC(=O)O)c1. The number of aryl methyl sites for hydroxylation is 2. The number of rotatable bonds is 6. The van der Waals surface area contributed by atoms with Crippen molar-refractivity contribution in [3.63, 3.8) is 0 Å². The predicted molar refractivity (Wildman–Crippen MR) is 74.7 cm³/mol. The second-order valence-corrected chi connectivity index (χ2v) is 5.93. The van der Waals surface area contributed by atoms with Gasteiger partial charge < -0.3 is 10.4 Å². The number of benzene rings is 1. The van der Waals surface area contributed by atoms with Gasteiger partial charge in [0.25, 0.3) is 0 Å². The second-order valence-electron chi connectivity index (χ2n) is 4.36. The third-order valence-electron chi connectivity index (χ3n) is 2.34. The molecule has 1 amide bonds. The van der Waals surface area contributed by atoms with Crippen molar-refractivity contribution < 1.29 is 18.9 Å². The molecule has 19 heavy (non-hydrogen) atoms. The first-order valence-corrected chi connectivity index (χ1v) is 7.30. The van der Waals surface area contributed by atoms with Crippen molar-refractivity contribution >= 4 is 28.4 Å². The van der Waals surface area contributed by atoms with Crippen LogP contribution in [-0.2, 0) is 20.4 Å². The number of nitrogens with one attached hydrogen (secondary N) is 1. The minimum Gasteiger partial charge on any atom is -0.481 e. The first-order valence-electron chi connectivity index (χ1n) is 5.82. The summed E-state index contributed by atoms with van der Waals surface area (Å²) in [5, 5.41) is 11.1. The lowest BCUT2D eigenvalue weighted by Crippen LogP contribution is -2.21. The lowest BCUT2D eigenvalue weighted by atomic mass is 10.1. The lowest BCUT2D eigenvalue weighted by Gasteiger charge is -2.07. The molecule has 104 valence electrons. The number of hydrogen-bond donors (Lipinski definition) is 2. The number of aliphatic carboxylic acids is 1. The van der Waals surface area contributed by atoms with Gasteiger partial charge in [0, 0.05) is 22.2 Å². The molecule has 1 unspecified atom stereocenters. The number of amides is 1. The van der Waals surface area contributed by atoms with Crippen LogP contribution in [0.4, 0.5) is 5.69 Å². The second kappa shape index (κ2) is 7.04. The molecule has 0 aliphatic carbocycles. The summed E-state index contributed by atoms with van der Waals surface area (Å²) < 4.78 is 11.5. The monoisotopic (exact) mass is 283 g/mol. The van der Waals surface area contributed by atoms with Gasteiger partial charge in [-0.25, -0.2) is 0 Å². The summed E-state index contributed by atoms with van der Waals surface area (Å²) in [5.41, 5.74) is 2.72. The molecule has 2 N–H and O–H groups in total. The Hall–Kier alpha value is -1.69. The van der Waals surface area contributed by atoms with E-state index in [0.29, 0.717) is 5.69 Å². The molecule has 5 nitrogen and oxygen atoms in total. The molecule has 0 fully saturated rings. The number of hydrogen-bond acceptors (Lipinski definition) is 3. The molecule has 0 bridgehead atoms. The van der Waals surface area contributed by atoms with Crippen molar-refractivity contribution in [2.24, 2.45) is 0 Å². The molecule has 0 heterocycles. The molecule has 0 spiro atoms. The summed E-state index contributed by atoms with van der Waals surface area (Å²) in [7, 11) is -1.45. The summed E-state index contributed by atoms with van der Waals surface area (Å²) in [4.78, 5) is 22.0. The van der Waals surface area contributed by atoms with Crippen molar-refractivity contribution in [1.29, 1.82) is 0 Å². The minimum atomic E-state index is -1.45. The smallest absolute Gasteiger partial charge is 0.304 e. The Labute approximate surface area is 114 Å². The van der Waals surface area contributed by atoms with Gasteiger partial charge in [-0.2, -0.15) is 0 Å². The summed E-state index contributed by atoms with van der Waals surface area (Å²) in [6, 6.07) is 5.64. The number of anilines is 1. The molecule has 0 saturated heterocycles. The summed E-state index contributed by atoms with van der Waals surface area (Å²) in [5.74, 6) is -1.56. The highest BCUT2D eigenvalue weighted by atomic mass is 32.2. The molecule has 0 aliphatic rings. The Balaban J connectivity index is 2.51. The van der Waals surface area contributed by atoms with Crippen LogP contribution in [0.5, 0.6) is 0 Å². The molecule has 1 rings (SSSR count). The number of carbonyl (C=O) groups excluding carboxylic acids is 1. The Bertz CT molecular complexity index is 493. The molecular weight excluding hydrogens is 266 g/mol. The average Bonchev–Trinajstić information content (AvgIpc) is 2.24. The molecule has 0 aromatic heterocycles. The average molecular weight is 283 g/mol. The van der Waals surface area contributed by atoms with E-state index in [0.717, 1.165) is 11.1 Å². The van der Waals surface area contributed by atoms with Gasteiger partial charge in [-0.05, 0) is 37.1 Å². The maximum atomic E-state index is 11.6. The van der Waals surface area contributed by atoms with Gasteiger partial charge in [0.05, 0.1) is 6.42 Å². The highest BCUT2D eigenvalue weighted by Crippen LogP contribution is 2.13. The fourth-order valence-corrected chi connectivity index (χ4v) is 2.57. The Morgan fingerprint density at radius 2 is 1.79 bits per heavy atom. The summed E-state index contributed by atoms with van der Waals surface area (Å²) in [6.07, 6.45) is -0.191. The van der Waals surface area contributed by atoms with E-state index >= 15 is 0 Å². The largest absolute Gasteiger partial charge is 0.481 e. The van der Waals surface area contributed by atoms with Crippen LogP contribution in [-0.4, -0.2) is 32.7 Å². The molecular formula is C13H17NO4S. The van der Waals surface area contributed by atoms with Gasteiger partial charge in [0.1, 0.15) is 5.75 Å². The van der Waals surface area contributed by atoms with Crippen molar-refractivity contribution in [2.45, 2.75) is 20.3 Å². The van der Waals surface area contributed by atoms with E-state index in [1.807, 2.05) is 32.0 Å². The first kappa shape index (κ1) is 15.4. The fourth-order valence-electron chi connectivity index (χ4n) is 1.66. The van der Waals surface area contributed by atoms with Crippen LogP contribution in [0.3, 0.4) is 0 Å². The predicted octanol–water partition coefficient (Wildman–Crippen LogP) is 1.47. The van der Waals surface area contributed by atoms with Crippen molar-refractivity contribution in [3.8, 4) is 0 Å². The molecule has 6 heteroatoms. The molecule has 0 aliphatic heterocycles. The van der Waals surface area contributed by atoms with E-state index in [-0.39, 0.29) is 23.8 Å². The van der Waals surface area contributed by atoms with Gasteiger partial charge in [-0.1, -0.05) is 6.07 Å². The van der Waals surface area contributed by atoms with Gasteiger partial charge in [-0.15, -0.1) is 0 Å². The third kappa shape index (κ3) is 6.15. The highest BCUT2D eigenvalue weighted by molar-refractivity contribution is 7.85. The van der Waals surface area contributed by atoms with E-state index in [2.05, 4.69) is 5.32 Å². The zero-order valence-electron chi connectivity index (χ0n) is 10.9. The van der Waals surface area contributed by atoms with Crippen LogP contribution in [0.15, 0.2) is 18.2 Å². The summed E-state index contributed by atoms with van der Waals surface area (Å²) >= 11 is 0. The van der Waals surface area contributed by atoms with E-state index in [9.17, 15) is 13.8 Å². The first-order chi connectivity index (χ1) is 8.86. The normalized spacial score (nSPS) is 11.9. The van der Waals surface area contributed by atoms with Crippen LogP contribution in [0, 0.1) is 13.8 Å². The van der Waals surface area contributed by atoms with E-state index < -0.39 is 16.8 Å². The maximum Gasteiger partial charge on any atom is 0.304 e. The summed E-state index contributed by atoms with van der Waals surface area (Å²) in [6.45, 7) is 3.85. The fraction of sp³-hybridized carbons (Fsp3) is 0.385. The van der Waals surface area contributed by atoms with Crippen LogP contribution in [0.1, 0.15) is 17.5 Å². The number of carboxylic acids is 1. The van der Waals surface area contributed by atoms with Gasteiger partial charge in [0.15, 0.2) is 0 Å². The molecule has 0 radical (unpaired) electrons. The standard InChI is InChI=1S/C13H17NO4S/c1-9-5-10(2)7-11(6-9)14-12(15)8-19(18)4-3-13(16)17/h5-7H,3-4,8H2,1-2H3,(H,14,15)(H,16,17). The lowest BCUT2D eigenvalue weighted by molar-refractivity contribution is -0.136. The number of carbonyl (C=O) groups is 2. The Kier molecular flexibility index (Phi) is 5.69. The maximum absolute atomic E-state index is 11.6. The van der Waals surface area contributed by atoms with Crippen LogP contribution in [0.25, 0.3) is 0 Å². The molecule has 1 aromatic rings. The quantitative estimate of drug-likeness (QED) is 0.828. The zero-order chi connectivity index (χ0) is 14.4. The van der Waals surface area contributed by atoms with E-state index in [1.165, 1.54) is 0 Å². The van der Waals surface area contributed by atoms with Crippen molar-refractivity contribution in [2.75, 3.05) is 16.8 Å². The third-order valence-corrected chi connectivity index (χ3v) is 3.58. The molecule has 1 atom stereocenters. The van der Waals surface area contributed by atoms with Crippen LogP contribution < -0.4 is 5.32 Å².